The van der Waals surface area contributed by atoms with Crippen LogP contribution in [0.25, 0.3) is 0 Å². The second-order valence-corrected chi connectivity index (χ2v) is 4.78. The molecule has 1 saturated carbocycles. The maximum Gasteiger partial charge on any atom is -0.00205 e. The van der Waals surface area contributed by atoms with Gasteiger partial charge in [0.1, 0.15) is 0 Å². The van der Waals surface area contributed by atoms with Crippen molar-refractivity contribution in [3.05, 3.63) is 0 Å². The van der Waals surface area contributed by atoms with Gasteiger partial charge in [-0.2, -0.15) is 0 Å². The first-order chi connectivity index (χ1) is 7.36. The molecule has 3 heteroatoms. The molecule has 1 aliphatic rings. The highest BCUT2D eigenvalue weighted by molar-refractivity contribution is 4.74. The SMILES string of the molecule is CNCCCNCC1CCC(CN)CC1. The molecule has 0 aromatic heterocycles. The molecule has 90 valence electrons. The van der Waals surface area contributed by atoms with Crippen LogP contribution >= 0.6 is 0 Å². The average molecular weight is 213 g/mol. The fraction of sp³-hybridized carbons (Fsp3) is 1.00. The van der Waals surface area contributed by atoms with Crippen molar-refractivity contribution in [2.45, 2.75) is 32.1 Å². The number of nitrogens with two attached hydrogens (primary N) is 1. The molecule has 1 aliphatic carbocycles. The van der Waals surface area contributed by atoms with Crippen molar-refractivity contribution in [2.75, 3.05) is 33.2 Å². The van der Waals surface area contributed by atoms with Gasteiger partial charge in [0.05, 0.1) is 0 Å². The summed E-state index contributed by atoms with van der Waals surface area (Å²) in [6.45, 7) is 4.37. The van der Waals surface area contributed by atoms with Crippen molar-refractivity contribution in [3.8, 4) is 0 Å². The Morgan fingerprint density at radius 3 is 2.33 bits per heavy atom. The lowest BCUT2D eigenvalue weighted by molar-refractivity contribution is 0.272. The van der Waals surface area contributed by atoms with Crippen LogP contribution in [0.5, 0.6) is 0 Å². The Hall–Kier alpha value is -0.120. The van der Waals surface area contributed by atoms with Crippen molar-refractivity contribution in [1.82, 2.24) is 10.6 Å². The molecule has 0 aromatic rings. The highest BCUT2D eigenvalue weighted by atomic mass is 14.9. The average Bonchev–Trinajstić information content (AvgIpc) is 2.30. The second-order valence-electron chi connectivity index (χ2n) is 4.78. The zero-order chi connectivity index (χ0) is 10.9. The van der Waals surface area contributed by atoms with E-state index in [4.69, 9.17) is 5.73 Å². The normalized spacial score (nSPS) is 26.8. The molecule has 0 saturated heterocycles. The molecule has 0 amide bonds. The van der Waals surface area contributed by atoms with Gasteiger partial charge in [-0.3, -0.25) is 0 Å². The van der Waals surface area contributed by atoms with Gasteiger partial charge in [0, 0.05) is 0 Å². The predicted octanol–water partition coefficient (Wildman–Crippen LogP) is 0.951. The number of hydrogen-bond acceptors (Lipinski definition) is 3. The maximum atomic E-state index is 5.68. The van der Waals surface area contributed by atoms with Crippen molar-refractivity contribution in [1.29, 1.82) is 0 Å². The third-order valence-electron chi connectivity index (χ3n) is 3.51. The van der Waals surface area contributed by atoms with E-state index in [1.807, 2.05) is 7.05 Å². The minimum atomic E-state index is 0.811. The number of nitrogens with one attached hydrogen (secondary N) is 2. The van der Waals surface area contributed by atoms with Gasteiger partial charge in [0.25, 0.3) is 0 Å². The lowest BCUT2D eigenvalue weighted by atomic mass is 9.82. The van der Waals surface area contributed by atoms with E-state index in [9.17, 15) is 0 Å². The van der Waals surface area contributed by atoms with Gasteiger partial charge in [-0.25, -0.2) is 0 Å². The van der Waals surface area contributed by atoms with Crippen molar-refractivity contribution in [3.63, 3.8) is 0 Å². The number of rotatable bonds is 7. The summed E-state index contributed by atoms with van der Waals surface area (Å²) in [6.07, 6.45) is 6.68. The first-order valence-corrected chi connectivity index (χ1v) is 6.42. The second kappa shape index (κ2) is 8.08. The highest BCUT2D eigenvalue weighted by Gasteiger charge is 2.19. The largest absolute Gasteiger partial charge is 0.330 e. The van der Waals surface area contributed by atoms with Crippen molar-refractivity contribution in [2.24, 2.45) is 17.6 Å². The fourth-order valence-corrected chi connectivity index (χ4v) is 2.37. The standard InChI is InChI=1S/C12H27N3/c1-14-7-2-8-15-10-12-5-3-11(9-13)4-6-12/h11-12,14-15H,2-10,13H2,1H3. The minimum absolute atomic E-state index is 0.811. The van der Waals surface area contributed by atoms with Gasteiger partial charge < -0.3 is 16.4 Å². The summed E-state index contributed by atoms with van der Waals surface area (Å²) in [4.78, 5) is 0. The Bertz CT molecular complexity index is 142. The zero-order valence-corrected chi connectivity index (χ0v) is 10.1. The van der Waals surface area contributed by atoms with Gasteiger partial charge >= 0.3 is 0 Å². The van der Waals surface area contributed by atoms with E-state index in [1.165, 1.54) is 38.6 Å². The highest BCUT2D eigenvalue weighted by Crippen LogP contribution is 2.27. The zero-order valence-electron chi connectivity index (χ0n) is 10.1. The van der Waals surface area contributed by atoms with E-state index in [2.05, 4.69) is 10.6 Å². The van der Waals surface area contributed by atoms with Crippen LogP contribution in [-0.2, 0) is 0 Å². The van der Waals surface area contributed by atoms with E-state index in [0.717, 1.165) is 31.5 Å². The van der Waals surface area contributed by atoms with Crippen LogP contribution in [0.4, 0.5) is 0 Å². The molecule has 0 heterocycles. The molecule has 15 heavy (non-hydrogen) atoms. The van der Waals surface area contributed by atoms with Crippen LogP contribution in [0.3, 0.4) is 0 Å². The Balaban J connectivity index is 1.94. The molecule has 0 spiro atoms. The number of hydrogen-bond donors (Lipinski definition) is 3. The molecule has 0 bridgehead atoms. The molecular weight excluding hydrogens is 186 g/mol. The molecule has 1 fully saturated rings. The first kappa shape index (κ1) is 12.9. The van der Waals surface area contributed by atoms with E-state index in [0.29, 0.717) is 0 Å². The first-order valence-electron chi connectivity index (χ1n) is 6.42. The van der Waals surface area contributed by atoms with Crippen LogP contribution in [0.2, 0.25) is 0 Å². The quantitative estimate of drug-likeness (QED) is 0.552. The van der Waals surface area contributed by atoms with Crippen molar-refractivity contribution < 1.29 is 0 Å². The van der Waals surface area contributed by atoms with E-state index in [-0.39, 0.29) is 0 Å². The van der Waals surface area contributed by atoms with Gasteiger partial charge in [0.2, 0.25) is 0 Å². The predicted molar refractivity (Wildman–Crippen MR) is 65.9 cm³/mol. The molecule has 3 nitrogen and oxygen atoms in total. The van der Waals surface area contributed by atoms with Crippen LogP contribution in [-0.4, -0.2) is 33.2 Å². The summed E-state index contributed by atoms with van der Waals surface area (Å²) in [7, 11) is 2.01. The monoisotopic (exact) mass is 213 g/mol. The van der Waals surface area contributed by atoms with Crippen LogP contribution < -0.4 is 16.4 Å². The summed E-state index contributed by atoms with van der Waals surface area (Å²) in [5.74, 6) is 1.72. The molecular formula is C12H27N3. The van der Waals surface area contributed by atoms with E-state index >= 15 is 0 Å². The lowest BCUT2D eigenvalue weighted by Gasteiger charge is -2.27. The molecule has 4 N–H and O–H groups in total. The summed E-state index contributed by atoms with van der Waals surface area (Å²) in [5.41, 5.74) is 5.68. The topological polar surface area (TPSA) is 50.1 Å². The van der Waals surface area contributed by atoms with Gasteiger partial charge in [-0.05, 0) is 77.2 Å². The fourth-order valence-electron chi connectivity index (χ4n) is 2.37. The van der Waals surface area contributed by atoms with Gasteiger partial charge in [0.15, 0.2) is 0 Å². The smallest absolute Gasteiger partial charge is 0.00205 e. The Morgan fingerprint density at radius 2 is 1.73 bits per heavy atom. The maximum absolute atomic E-state index is 5.68. The molecule has 0 aromatic carbocycles. The summed E-state index contributed by atoms with van der Waals surface area (Å²) < 4.78 is 0. The third-order valence-corrected chi connectivity index (χ3v) is 3.51. The Kier molecular flexibility index (Phi) is 6.98. The Labute approximate surface area is 94.2 Å². The molecule has 0 atom stereocenters. The van der Waals surface area contributed by atoms with E-state index < -0.39 is 0 Å². The molecule has 0 radical (unpaired) electrons. The summed E-state index contributed by atoms with van der Waals surface area (Å²) in [6, 6.07) is 0. The summed E-state index contributed by atoms with van der Waals surface area (Å²) in [5, 5.41) is 6.72. The van der Waals surface area contributed by atoms with Crippen LogP contribution in [0, 0.1) is 11.8 Å². The van der Waals surface area contributed by atoms with Crippen molar-refractivity contribution >= 4 is 0 Å². The third kappa shape index (κ3) is 5.50. The van der Waals surface area contributed by atoms with Crippen LogP contribution in [0.15, 0.2) is 0 Å². The molecule has 1 rings (SSSR count). The molecule has 0 unspecified atom stereocenters. The Morgan fingerprint density at radius 1 is 1.07 bits per heavy atom. The van der Waals surface area contributed by atoms with Crippen LogP contribution in [0.1, 0.15) is 32.1 Å². The van der Waals surface area contributed by atoms with Gasteiger partial charge in [-0.15, -0.1) is 0 Å². The lowest BCUT2D eigenvalue weighted by Crippen LogP contribution is -2.29. The van der Waals surface area contributed by atoms with E-state index in [1.54, 1.807) is 0 Å². The van der Waals surface area contributed by atoms with Gasteiger partial charge in [-0.1, -0.05) is 0 Å². The summed E-state index contributed by atoms with van der Waals surface area (Å²) >= 11 is 0. The molecule has 0 aliphatic heterocycles. The minimum Gasteiger partial charge on any atom is -0.330 e.